The van der Waals surface area contributed by atoms with E-state index >= 15 is 0 Å². The van der Waals surface area contributed by atoms with E-state index in [0.29, 0.717) is 17.2 Å². The number of aromatic nitrogens is 4. The highest BCUT2D eigenvalue weighted by Gasteiger charge is 2.17. The molecule has 1 unspecified atom stereocenters. The Morgan fingerprint density at radius 2 is 2.00 bits per heavy atom. The van der Waals surface area contributed by atoms with Gasteiger partial charge in [-0.15, -0.1) is 12.4 Å². The summed E-state index contributed by atoms with van der Waals surface area (Å²) in [5.74, 6) is 1.35. The van der Waals surface area contributed by atoms with Crippen molar-refractivity contribution >= 4 is 23.6 Å². The molecule has 0 saturated heterocycles. The van der Waals surface area contributed by atoms with Crippen molar-refractivity contribution in [2.75, 3.05) is 0 Å². The van der Waals surface area contributed by atoms with E-state index in [0.717, 1.165) is 16.9 Å². The Hall–Kier alpha value is -2.49. The summed E-state index contributed by atoms with van der Waals surface area (Å²) in [5.41, 5.74) is 8.92. The zero-order chi connectivity index (χ0) is 15.0. The number of pyridine rings is 2. The fourth-order valence-electron chi connectivity index (χ4n) is 2.19. The Kier molecular flexibility index (Phi) is 4.40. The van der Waals surface area contributed by atoms with Crippen LogP contribution in [0.4, 0.5) is 0 Å². The van der Waals surface area contributed by atoms with Crippen molar-refractivity contribution in [2.45, 2.75) is 19.9 Å². The van der Waals surface area contributed by atoms with Crippen LogP contribution in [0.15, 0.2) is 30.5 Å². The maximum absolute atomic E-state index is 8.87. The van der Waals surface area contributed by atoms with Crippen molar-refractivity contribution in [1.29, 1.82) is 5.26 Å². The van der Waals surface area contributed by atoms with Crippen LogP contribution in [0.1, 0.15) is 30.0 Å². The van der Waals surface area contributed by atoms with E-state index in [4.69, 9.17) is 11.0 Å². The Morgan fingerprint density at radius 1 is 1.23 bits per heavy atom. The monoisotopic (exact) mass is 314 g/mol. The average molecular weight is 315 g/mol. The van der Waals surface area contributed by atoms with Gasteiger partial charge in [0.05, 0.1) is 11.6 Å². The summed E-state index contributed by atoms with van der Waals surface area (Å²) >= 11 is 0. The molecule has 0 fully saturated rings. The first-order valence-corrected chi connectivity index (χ1v) is 6.58. The fraction of sp³-hybridized carbons (Fsp3) is 0.200. The van der Waals surface area contributed by atoms with Gasteiger partial charge < -0.3 is 5.73 Å². The normalized spacial score (nSPS) is 11.7. The quantitative estimate of drug-likeness (QED) is 0.784. The van der Waals surface area contributed by atoms with Crippen molar-refractivity contribution in [3.05, 3.63) is 47.5 Å². The molecule has 0 aliphatic rings. The van der Waals surface area contributed by atoms with E-state index in [2.05, 4.69) is 21.0 Å². The van der Waals surface area contributed by atoms with Crippen LogP contribution < -0.4 is 5.73 Å². The number of hydrogen-bond donors (Lipinski definition) is 1. The van der Waals surface area contributed by atoms with Crippen LogP contribution >= 0.6 is 12.4 Å². The fourth-order valence-corrected chi connectivity index (χ4v) is 2.19. The van der Waals surface area contributed by atoms with E-state index in [1.54, 1.807) is 12.1 Å². The minimum Gasteiger partial charge on any atom is -0.322 e. The second-order valence-electron chi connectivity index (χ2n) is 4.91. The molecule has 0 aliphatic heterocycles. The van der Waals surface area contributed by atoms with E-state index in [1.807, 2.05) is 30.5 Å². The smallest absolute Gasteiger partial charge is 0.166 e. The topological polar surface area (TPSA) is 93.4 Å². The number of nitrogens with two attached hydrogens (primary N) is 1. The number of halogens is 1. The molecular formula is C15H15ClN6. The molecule has 0 saturated carbocycles. The predicted molar refractivity (Wildman–Crippen MR) is 86.0 cm³/mol. The van der Waals surface area contributed by atoms with Crippen LogP contribution in [0, 0.1) is 18.3 Å². The molecule has 6 nitrogen and oxygen atoms in total. The van der Waals surface area contributed by atoms with E-state index in [-0.39, 0.29) is 18.4 Å². The number of hydrogen-bond acceptors (Lipinski definition) is 5. The van der Waals surface area contributed by atoms with Crippen LogP contribution in [-0.4, -0.2) is 19.5 Å². The summed E-state index contributed by atoms with van der Waals surface area (Å²) in [6.07, 6.45) is 1.53. The minimum absolute atomic E-state index is 0. The number of fused-ring (bicyclic) bond motifs is 1. The Morgan fingerprint density at radius 3 is 2.59 bits per heavy atom. The lowest BCUT2D eigenvalue weighted by Gasteiger charge is -2.10. The third kappa shape index (κ3) is 2.64. The van der Waals surface area contributed by atoms with Gasteiger partial charge >= 0.3 is 0 Å². The SMILES string of the molecule is Cc1ccc2nc(C(C)N)n(-c3ccc(C#N)cn3)c2n1.Cl. The standard InChI is InChI=1S/C15H14N6.ClH/c1-9-3-5-12-15(19-9)21(14(20-12)10(2)17)13-6-4-11(7-16)8-18-13;/h3-6,8,10H,17H2,1-2H3;1H. The number of rotatable bonds is 2. The van der Waals surface area contributed by atoms with Crippen molar-refractivity contribution in [3.63, 3.8) is 0 Å². The van der Waals surface area contributed by atoms with Gasteiger partial charge in [-0.3, -0.25) is 4.57 Å². The molecule has 0 aliphatic carbocycles. The lowest BCUT2D eigenvalue weighted by molar-refractivity contribution is 0.719. The number of nitriles is 1. The predicted octanol–water partition coefficient (Wildman–Crippen LogP) is 2.44. The molecule has 0 bridgehead atoms. The molecule has 0 spiro atoms. The molecule has 0 radical (unpaired) electrons. The van der Waals surface area contributed by atoms with Crippen molar-refractivity contribution < 1.29 is 0 Å². The van der Waals surface area contributed by atoms with E-state index in [9.17, 15) is 0 Å². The summed E-state index contributed by atoms with van der Waals surface area (Å²) in [4.78, 5) is 13.4. The van der Waals surface area contributed by atoms with Gasteiger partial charge in [-0.2, -0.15) is 5.26 Å². The van der Waals surface area contributed by atoms with Crippen molar-refractivity contribution in [2.24, 2.45) is 5.73 Å². The van der Waals surface area contributed by atoms with Gasteiger partial charge in [0.2, 0.25) is 0 Å². The Labute approximate surface area is 134 Å². The number of aryl methyl sites for hydroxylation is 1. The molecule has 3 rings (SSSR count). The number of nitrogens with zero attached hydrogens (tertiary/aromatic N) is 5. The molecule has 3 aromatic rings. The van der Waals surface area contributed by atoms with Gasteiger partial charge in [-0.1, -0.05) is 0 Å². The molecule has 7 heteroatoms. The first kappa shape index (κ1) is 15.9. The van der Waals surface area contributed by atoms with Gasteiger partial charge in [0, 0.05) is 11.9 Å². The molecule has 3 heterocycles. The maximum atomic E-state index is 8.87. The zero-order valence-corrected chi connectivity index (χ0v) is 13.0. The molecule has 22 heavy (non-hydrogen) atoms. The minimum atomic E-state index is -0.253. The van der Waals surface area contributed by atoms with E-state index < -0.39 is 0 Å². The Bertz CT molecular complexity index is 845. The summed E-state index contributed by atoms with van der Waals surface area (Å²) < 4.78 is 1.84. The van der Waals surface area contributed by atoms with Crippen LogP contribution in [0.5, 0.6) is 0 Å². The second-order valence-corrected chi connectivity index (χ2v) is 4.91. The first-order valence-electron chi connectivity index (χ1n) is 6.58. The summed E-state index contributed by atoms with van der Waals surface area (Å²) in [5, 5.41) is 8.87. The van der Waals surface area contributed by atoms with Gasteiger partial charge in [-0.25, -0.2) is 15.0 Å². The Balaban J connectivity index is 0.00000176. The van der Waals surface area contributed by atoms with Gasteiger partial charge in [0.25, 0.3) is 0 Å². The molecule has 2 N–H and O–H groups in total. The number of imidazole rings is 1. The third-order valence-corrected chi connectivity index (χ3v) is 3.18. The van der Waals surface area contributed by atoms with Gasteiger partial charge in [0.1, 0.15) is 23.2 Å². The third-order valence-electron chi connectivity index (χ3n) is 3.18. The second kappa shape index (κ2) is 6.10. The molecular weight excluding hydrogens is 300 g/mol. The molecule has 3 aromatic heterocycles. The van der Waals surface area contributed by atoms with Crippen LogP contribution in [-0.2, 0) is 0 Å². The van der Waals surface area contributed by atoms with Crippen molar-refractivity contribution in [1.82, 2.24) is 19.5 Å². The first-order chi connectivity index (χ1) is 10.1. The van der Waals surface area contributed by atoms with E-state index in [1.165, 1.54) is 6.20 Å². The molecule has 0 amide bonds. The maximum Gasteiger partial charge on any atom is 0.166 e. The lowest BCUT2D eigenvalue weighted by atomic mass is 10.3. The highest BCUT2D eigenvalue weighted by molar-refractivity contribution is 5.85. The zero-order valence-electron chi connectivity index (χ0n) is 12.2. The summed E-state index contributed by atoms with van der Waals surface area (Å²) in [6.45, 7) is 3.79. The highest BCUT2D eigenvalue weighted by Crippen LogP contribution is 2.22. The largest absolute Gasteiger partial charge is 0.322 e. The van der Waals surface area contributed by atoms with Gasteiger partial charge in [0.15, 0.2) is 5.65 Å². The highest BCUT2D eigenvalue weighted by atomic mass is 35.5. The summed E-state index contributed by atoms with van der Waals surface area (Å²) in [7, 11) is 0. The molecule has 1 atom stereocenters. The molecule has 0 aromatic carbocycles. The van der Waals surface area contributed by atoms with Crippen LogP contribution in [0.2, 0.25) is 0 Å². The van der Waals surface area contributed by atoms with Crippen LogP contribution in [0.25, 0.3) is 17.0 Å². The van der Waals surface area contributed by atoms with Crippen molar-refractivity contribution in [3.8, 4) is 11.9 Å². The summed E-state index contributed by atoms with van der Waals surface area (Å²) in [6, 6.07) is 9.13. The van der Waals surface area contributed by atoms with Crippen LogP contribution in [0.3, 0.4) is 0 Å². The molecule has 112 valence electrons. The average Bonchev–Trinajstić information content (AvgIpc) is 2.86. The lowest BCUT2D eigenvalue weighted by Crippen LogP contribution is -2.13. The van der Waals surface area contributed by atoms with Gasteiger partial charge in [-0.05, 0) is 38.1 Å².